The van der Waals surface area contributed by atoms with E-state index in [4.69, 9.17) is 5.73 Å². The molecule has 0 saturated heterocycles. The molecule has 8 heteroatoms. The van der Waals surface area contributed by atoms with Crippen LogP contribution in [0.15, 0.2) is 24.3 Å². The van der Waals surface area contributed by atoms with Gasteiger partial charge in [0.25, 0.3) is 0 Å². The highest BCUT2D eigenvalue weighted by Crippen LogP contribution is 2.37. The Morgan fingerprint density at radius 1 is 1.15 bits per heavy atom. The van der Waals surface area contributed by atoms with Crippen LogP contribution in [-0.2, 0) is 6.18 Å². The van der Waals surface area contributed by atoms with Crippen LogP contribution in [0.25, 0.3) is 11.3 Å². The Morgan fingerprint density at radius 3 is 2.45 bits per heavy atom. The number of nitrogens with zero attached hydrogens (tertiary/aromatic N) is 2. The number of rotatable bonds is 2. The summed E-state index contributed by atoms with van der Waals surface area (Å²) in [5.41, 5.74) is 3.96. The number of benzene rings is 1. The summed E-state index contributed by atoms with van der Waals surface area (Å²) in [6.07, 6.45) is -4.62. The van der Waals surface area contributed by atoms with Crippen LogP contribution in [-0.4, -0.2) is 17.0 Å². The smallest absolute Gasteiger partial charge is 0.373 e. The van der Waals surface area contributed by atoms with Crippen LogP contribution in [0.3, 0.4) is 0 Å². The second-order valence-corrected chi connectivity index (χ2v) is 3.93. The molecule has 1 aromatic heterocycles. The molecule has 0 aliphatic heterocycles. The van der Waals surface area contributed by atoms with Crippen LogP contribution >= 0.6 is 0 Å². The third kappa shape index (κ3) is 2.79. The molecule has 2 aromatic rings. The minimum atomic E-state index is -4.62. The van der Waals surface area contributed by atoms with Gasteiger partial charge in [-0.15, -0.1) is 0 Å². The van der Waals surface area contributed by atoms with Crippen molar-refractivity contribution >= 4 is 11.8 Å². The molecule has 0 aliphatic rings. The number of nitrogens with one attached hydrogen (secondary N) is 1. The van der Waals surface area contributed by atoms with Gasteiger partial charge in [0, 0.05) is 18.7 Å². The van der Waals surface area contributed by atoms with Crippen molar-refractivity contribution in [3.63, 3.8) is 0 Å². The van der Waals surface area contributed by atoms with E-state index < -0.39 is 17.6 Å². The van der Waals surface area contributed by atoms with Crippen molar-refractivity contribution in [2.75, 3.05) is 18.1 Å². The van der Waals surface area contributed by atoms with Gasteiger partial charge in [-0.3, -0.25) is 0 Å². The lowest BCUT2D eigenvalue weighted by Crippen LogP contribution is -2.09. The van der Waals surface area contributed by atoms with Gasteiger partial charge in [-0.05, 0) is 18.2 Å². The summed E-state index contributed by atoms with van der Waals surface area (Å²) in [6, 6.07) is 3.45. The van der Waals surface area contributed by atoms with Crippen LogP contribution in [0.2, 0.25) is 0 Å². The number of hydrogen-bond acceptors (Lipinski definition) is 4. The number of alkyl halides is 3. The van der Waals surface area contributed by atoms with E-state index in [2.05, 4.69) is 15.3 Å². The maximum absolute atomic E-state index is 13.2. The molecule has 0 fully saturated rings. The van der Waals surface area contributed by atoms with Gasteiger partial charge < -0.3 is 11.1 Å². The van der Waals surface area contributed by atoms with Gasteiger partial charge in [0.2, 0.25) is 5.95 Å². The van der Waals surface area contributed by atoms with Crippen LogP contribution in [0.1, 0.15) is 5.56 Å². The predicted octanol–water partition coefficient (Wildman–Crippen LogP) is 2.93. The van der Waals surface area contributed by atoms with Crippen molar-refractivity contribution in [3.05, 3.63) is 35.6 Å². The first-order valence-corrected chi connectivity index (χ1v) is 5.50. The first-order valence-electron chi connectivity index (χ1n) is 5.50. The number of hydrogen-bond donors (Lipinski definition) is 2. The second-order valence-electron chi connectivity index (χ2n) is 3.93. The fourth-order valence-corrected chi connectivity index (χ4v) is 1.71. The van der Waals surface area contributed by atoms with Gasteiger partial charge in [0.05, 0.1) is 11.3 Å². The summed E-state index contributed by atoms with van der Waals surface area (Å²) in [6.45, 7) is 0. The van der Waals surface area contributed by atoms with Gasteiger partial charge in [0.15, 0.2) is 0 Å². The third-order valence-corrected chi connectivity index (χ3v) is 2.56. The summed E-state index contributed by atoms with van der Waals surface area (Å²) in [5.74, 6) is -0.759. The molecule has 2 rings (SSSR count). The van der Waals surface area contributed by atoms with E-state index in [9.17, 15) is 17.6 Å². The lowest BCUT2D eigenvalue weighted by atomic mass is 10.0. The molecule has 0 bridgehead atoms. The van der Waals surface area contributed by atoms with Gasteiger partial charge in [-0.2, -0.15) is 18.2 Å². The van der Waals surface area contributed by atoms with E-state index >= 15 is 0 Å². The molecule has 1 aromatic carbocycles. The molecule has 106 valence electrons. The minimum absolute atomic E-state index is 0.103. The highest BCUT2D eigenvalue weighted by atomic mass is 19.4. The van der Waals surface area contributed by atoms with Gasteiger partial charge >= 0.3 is 6.18 Å². The van der Waals surface area contributed by atoms with E-state index in [1.807, 2.05) is 0 Å². The quantitative estimate of drug-likeness (QED) is 0.833. The van der Waals surface area contributed by atoms with Crippen molar-refractivity contribution < 1.29 is 17.6 Å². The molecular weight excluding hydrogens is 276 g/mol. The maximum Gasteiger partial charge on any atom is 0.417 e. The normalized spacial score (nSPS) is 11.4. The molecule has 0 atom stereocenters. The van der Waals surface area contributed by atoms with E-state index in [0.29, 0.717) is 6.07 Å². The Hall–Kier alpha value is -2.38. The Morgan fingerprint density at radius 2 is 1.85 bits per heavy atom. The average Bonchev–Trinajstić information content (AvgIpc) is 2.36. The fraction of sp³-hybridized carbons (Fsp3) is 0.167. The van der Waals surface area contributed by atoms with E-state index in [1.165, 1.54) is 13.1 Å². The zero-order valence-corrected chi connectivity index (χ0v) is 10.3. The highest BCUT2D eigenvalue weighted by molar-refractivity contribution is 5.68. The molecule has 3 N–H and O–H groups in total. The Bertz CT molecular complexity index is 640. The third-order valence-electron chi connectivity index (χ3n) is 2.56. The summed E-state index contributed by atoms with van der Waals surface area (Å²) in [5, 5.41) is 2.64. The molecule has 20 heavy (non-hydrogen) atoms. The van der Waals surface area contributed by atoms with Crippen LogP contribution in [0, 0.1) is 5.82 Å². The summed E-state index contributed by atoms with van der Waals surface area (Å²) in [4.78, 5) is 7.50. The van der Waals surface area contributed by atoms with Gasteiger partial charge in [0.1, 0.15) is 11.6 Å². The molecule has 0 radical (unpaired) electrons. The van der Waals surface area contributed by atoms with Crippen molar-refractivity contribution in [1.82, 2.24) is 9.97 Å². The van der Waals surface area contributed by atoms with E-state index in [0.717, 1.165) is 12.1 Å². The zero-order chi connectivity index (χ0) is 14.9. The van der Waals surface area contributed by atoms with Crippen LogP contribution in [0.4, 0.5) is 29.3 Å². The van der Waals surface area contributed by atoms with E-state index in [-0.39, 0.29) is 23.0 Å². The molecule has 0 amide bonds. The summed E-state index contributed by atoms with van der Waals surface area (Å²) < 4.78 is 52.1. The largest absolute Gasteiger partial charge is 0.417 e. The van der Waals surface area contributed by atoms with E-state index in [1.54, 1.807) is 0 Å². The standard InChI is InChI=1S/C12H10F4N4/c1-18-10-5-9(19-11(17)20-10)7-4-6(13)2-3-8(7)12(14,15)16/h2-5H,1H3,(H3,17,18,19,20). The first kappa shape index (κ1) is 14.0. The SMILES string of the molecule is CNc1cc(-c2cc(F)ccc2C(F)(F)F)nc(N)n1. The summed E-state index contributed by atoms with van der Waals surface area (Å²) >= 11 is 0. The molecule has 0 aliphatic carbocycles. The molecule has 1 heterocycles. The Balaban J connectivity index is 2.68. The van der Waals surface area contributed by atoms with Gasteiger partial charge in [-0.1, -0.05) is 0 Å². The second kappa shape index (κ2) is 4.95. The van der Waals surface area contributed by atoms with Crippen molar-refractivity contribution in [3.8, 4) is 11.3 Å². The number of halogens is 4. The fourth-order valence-electron chi connectivity index (χ4n) is 1.71. The van der Waals surface area contributed by atoms with Crippen molar-refractivity contribution in [2.45, 2.75) is 6.18 Å². The van der Waals surface area contributed by atoms with Crippen LogP contribution < -0.4 is 11.1 Å². The lowest BCUT2D eigenvalue weighted by molar-refractivity contribution is -0.137. The number of aromatic nitrogens is 2. The highest BCUT2D eigenvalue weighted by Gasteiger charge is 2.34. The molecule has 0 spiro atoms. The lowest BCUT2D eigenvalue weighted by Gasteiger charge is -2.13. The van der Waals surface area contributed by atoms with Crippen molar-refractivity contribution in [1.29, 1.82) is 0 Å². The number of anilines is 2. The molecule has 0 unspecified atom stereocenters. The Kier molecular flexibility index (Phi) is 3.47. The van der Waals surface area contributed by atoms with Crippen molar-refractivity contribution in [2.24, 2.45) is 0 Å². The maximum atomic E-state index is 13.2. The number of nitrogens with two attached hydrogens (primary N) is 1. The van der Waals surface area contributed by atoms with Crippen LogP contribution in [0.5, 0.6) is 0 Å². The predicted molar refractivity (Wildman–Crippen MR) is 66.4 cm³/mol. The minimum Gasteiger partial charge on any atom is -0.373 e. The van der Waals surface area contributed by atoms with Gasteiger partial charge in [-0.25, -0.2) is 9.37 Å². The molecular formula is C12H10F4N4. The summed E-state index contributed by atoms with van der Waals surface area (Å²) in [7, 11) is 1.53. The zero-order valence-electron chi connectivity index (χ0n) is 10.3. The number of nitrogen functional groups attached to an aromatic ring is 1. The first-order chi connectivity index (χ1) is 9.31. The topological polar surface area (TPSA) is 63.8 Å². The molecule has 0 saturated carbocycles. The Labute approximate surface area is 111 Å². The molecule has 4 nitrogen and oxygen atoms in total. The monoisotopic (exact) mass is 286 g/mol. The average molecular weight is 286 g/mol.